The van der Waals surface area contributed by atoms with Crippen molar-refractivity contribution in [2.24, 2.45) is 0 Å². The van der Waals surface area contributed by atoms with Crippen molar-refractivity contribution in [2.75, 3.05) is 38.9 Å². The normalized spacial score (nSPS) is 11.8. The summed E-state index contributed by atoms with van der Waals surface area (Å²) in [5, 5.41) is 2.87. The molecule has 1 N–H and O–H groups in total. The highest BCUT2D eigenvalue weighted by Crippen LogP contribution is 2.33. The average Bonchev–Trinajstić information content (AvgIpc) is 3.53. The Labute approximate surface area is 204 Å². The molecule has 0 saturated carbocycles. The van der Waals surface area contributed by atoms with Crippen LogP contribution in [0.5, 0.6) is 11.5 Å². The number of aryl methyl sites for hydroxylation is 1. The maximum absolute atomic E-state index is 13.5. The summed E-state index contributed by atoms with van der Waals surface area (Å²) < 4.78 is 21.5. The monoisotopic (exact) mass is 479 g/mol. The van der Waals surface area contributed by atoms with Gasteiger partial charge in [-0.25, -0.2) is 4.79 Å². The molecule has 0 atom stereocenters. The average molecular weight is 480 g/mol. The molecular weight excluding hydrogens is 450 g/mol. The molecule has 35 heavy (non-hydrogen) atoms. The lowest BCUT2D eigenvalue weighted by atomic mass is 10.2. The molecule has 0 unspecified atom stereocenters. The second-order valence-electron chi connectivity index (χ2n) is 8.23. The molecule has 1 aliphatic rings. The van der Waals surface area contributed by atoms with Gasteiger partial charge in [0, 0.05) is 25.9 Å². The predicted molar refractivity (Wildman–Crippen MR) is 129 cm³/mol. The lowest BCUT2D eigenvalue weighted by Crippen LogP contribution is -2.45. The van der Waals surface area contributed by atoms with Crippen molar-refractivity contribution in [3.8, 4) is 11.5 Å². The van der Waals surface area contributed by atoms with Gasteiger partial charge in [0.2, 0.25) is 12.7 Å². The van der Waals surface area contributed by atoms with Gasteiger partial charge in [0.25, 0.3) is 0 Å². The van der Waals surface area contributed by atoms with E-state index in [2.05, 4.69) is 5.32 Å². The molecule has 3 amide bonds. The fourth-order valence-corrected chi connectivity index (χ4v) is 3.73. The van der Waals surface area contributed by atoms with E-state index >= 15 is 0 Å². The summed E-state index contributed by atoms with van der Waals surface area (Å²) in [4.78, 5) is 29.6. The molecular formula is C26H29N3O6. The maximum atomic E-state index is 13.5. The van der Waals surface area contributed by atoms with Gasteiger partial charge in [0.05, 0.1) is 19.4 Å². The number of fused-ring (bicyclic) bond motifs is 1. The molecule has 9 heteroatoms. The van der Waals surface area contributed by atoms with Gasteiger partial charge < -0.3 is 33.7 Å². The third-order valence-electron chi connectivity index (χ3n) is 5.54. The number of ether oxygens (including phenoxy) is 3. The largest absolute Gasteiger partial charge is 0.467 e. The molecule has 1 aromatic heterocycles. The van der Waals surface area contributed by atoms with Crippen LogP contribution in [-0.4, -0.2) is 55.3 Å². The summed E-state index contributed by atoms with van der Waals surface area (Å²) in [7, 11) is 1.56. The number of hydrogen-bond acceptors (Lipinski definition) is 6. The summed E-state index contributed by atoms with van der Waals surface area (Å²) in [6.07, 6.45) is 1.57. The third kappa shape index (κ3) is 6.54. The summed E-state index contributed by atoms with van der Waals surface area (Å²) in [6.45, 7) is 3.15. The number of furan rings is 1. The van der Waals surface area contributed by atoms with Gasteiger partial charge in [-0.1, -0.05) is 18.2 Å². The van der Waals surface area contributed by atoms with E-state index in [1.54, 1.807) is 24.3 Å². The highest BCUT2D eigenvalue weighted by Gasteiger charge is 2.23. The van der Waals surface area contributed by atoms with Crippen molar-refractivity contribution >= 4 is 17.6 Å². The van der Waals surface area contributed by atoms with E-state index in [-0.39, 0.29) is 38.4 Å². The molecule has 9 nitrogen and oxygen atoms in total. The predicted octanol–water partition coefficient (Wildman–Crippen LogP) is 4.03. The fraction of sp³-hybridized carbons (Fsp3) is 0.308. The number of carbonyl (C=O) groups is 2. The maximum Gasteiger partial charge on any atom is 0.322 e. The second kappa shape index (κ2) is 11.4. The molecule has 0 spiro atoms. The van der Waals surface area contributed by atoms with Crippen LogP contribution in [0.25, 0.3) is 0 Å². The summed E-state index contributed by atoms with van der Waals surface area (Å²) in [6, 6.07) is 16.3. The lowest BCUT2D eigenvalue weighted by Gasteiger charge is -2.27. The van der Waals surface area contributed by atoms with E-state index in [0.29, 0.717) is 36.1 Å². The lowest BCUT2D eigenvalue weighted by molar-refractivity contribution is -0.133. The van der Waals surface area contributed by atoms with Gasteiger partial charge in [0.15, 0.2) is 11.5 Å². The minimum atomic E-state index is -0.373. The standard InChI is InChI=1S/C26H29N3O6/c1-19-5-3-6-21(13-19)27-26(31)28(10-12-32-2)17-25(30)29(16-22-7-4-11-33-22)15-20-8-9-23-24(14-20)35-18-34-23/h3-9,11,13-14H,10,12,15-18H2,1-2H3,(H,27,31). The zero-order valence-electron chi connectivity index (χ0n) is 19.9. The number of nitrogens with one attached hydrogen (secondary N) is 1. The zero-order chi connectivity index (χ0) is 24.6. The molecule has 2 aromatic carbocycles. The number of urea groups is 1. The fourth-order valence-electron chi connectivity index (χ4n) is 3.73. The van der Waals surface area contributed by atoms with Gasteiger partial charge in [-0.05, 0) is 54.4 Å². The van der Waals surface area contributed by atoms with Crippen LogP contribution < -0.4 is 14.8 Å². The van der Waals surface area contributed by atoms with Crippen LogP contribution in [-0.2, 0) is 22.6 Å². The van der Waals surface area contributed by atoms with Gasteiger partial charge in [-0.2, -0.15) is 0 Å². The van der Waals surface area contributed by atoms with Gasteiger partial charge in [0.1, 0.15) is 12.3 Å². The number of methoxy groups -OCH3 is 1. The Bertz CT molecular complexity index is 1150. The quantitative estimate of drug-likeness (QED) is 0.472. The van der Waals surface area contributed by atoms with E-state index in [9.17, 15) is 9.59 Å². The SMILES string of the molecule is COCCN(CC(=O)N(Cc1ccc2c(c1)OCO2)Cc1ccco1)C(=O)Nc1cccc(C)c1. The molecule has 184 valence electrons. The van der Waals surface area contributed by atoms with Crippen LogP contribution in [0.4, 0.5) is 10.5 Å². The van der Waals surface area contributed by atoms with Gasteiger partial charge in [-0.15, -0.1) is 0 Å². The molecule has 3 aromatic rings. The molecule has 0 fully saturated rings. The van der Waals surface area contributed by atoms with Crippen molar-refractivity contribution in [3.05, 3.63) is 77.7 Å². The minimum Gasteiger partial charge on any atom is -0.467 e. The molecule has 0 radical (unpaired) electrons. The third-order valence-corrected chi connectivity index (χ3v) is 5.54. The molecule has 0 aliphatic carbocycles. The van der Waals surface area contributed by atoms with Crippen LogP contribution in [0.1, 0.15) is 16.9 Å². The number of anilines is 1. The Morgan fingerprint density at radius 1 is 1.00 bits per heavy atom. The Kier molecular flexibility index (Phi) is 7.89. The van der Waals surface area contributed by atoms with Crippen molar-refractivity contribution in [3.63, 3.8) is 0 Å². The number of nitrogens with zero attached hydrogens (tertiary/aromatic N) is 2. The topological polar surface area (TPSA) is 93.5 Å². The van der Waals surface area contributed by atoms with Crippen LogP contribution in [0.15, 0.2) is 65.3 Å². The molecule has 1 aliphatic heterocycles. The number of amides is 3. The number of hydrogen-bond donors (Lipinski definition) is 1. The summed E-state index contributed by atoms with van der Waals surface area (Å²) in [5.41, 5.74) is 2.56. The first kappa shape index (κ1) is 24.2. The minimum absolute atomic E-state index is 0.119. The van der Waals surface area contributed by atoms with E-state index < -0.39 is 0 Å². The van der Waals surface area contributed by atoms with E-state index in [1.807, 2.05) is 55.5 Å². The molecule has 0 saturated heterocycles. The second-order valence-corrected chi connectivity index (χ2v) is 8.23. The first-order valence-corrected chi connectivity index (χ1v) is 11.3. The number of carbonyl (C=O) groups excluding carboxylic acids is 2. The van der Waals surface area contributed by atoms with Crippen molar-refractivity contribution in [1.82, 2.24) is 9.80 Å². The van der Waals surface area contributed by atoms with Crippen LogP contribution in [0.2, 0.25) is 0 Å². The molecule has 0 bridgehead atoms. The summed E-state index contributed by atoms with van der Waals surface area (Å²) in [5.74, 6) is 1.74. The smallest absolute Gasteiger partial charge is 0.322 e. The first-order valence-electron chi connectivity index (χ1n) is 11.3. The van der Waals surface area contributed by atoms with Gasteiger partial charge in [-0.3, -0.25) is 4.79 Å². The van der Waals surface area contributed by atoms with Crippen molar-refractivity contribution in [2.45, 2.75) is 20.0 Å². The van der Waals surface area contributed by atoms with E-state index in [4.69, 9.17) is 18.6 Å². The van der Waals surface area contributed by atoms with E-state index in [1.165, 1.54) is 4.90 Å². The van der Waals surface area contributed by atoms with E-state index in [0.717, 1.165) is 11.1 Å². The highest BCUT2D eigenvalue weighted by molar-refractivity contribution is 5.92. The number of benzene rings is 2. The highest BCUT2D eigenvalue weighted by atomic mass is 16.7. The zero-order valence-corrected chi connectivity index (χ0v) is 19.9. The van der Waals surface area contributed by atoms with Crippen molar-refractivity contribution < 1.29 is 28.2 Å². The Hall–Kier alpha value is -3.98. The Morgan fingerprint density at radius 3 is 2.63 bits per heavy atom. The Morgan fingerprint density at radius 2 is 1.86 bits per heavy atom. The summed E-state index contributed by atoms with van der Waals surface area (Å²) >= 11 is 0. The van der Waals surface area contributed by atoms with Crippen molar-refractivity contribution in [1.29, 1.82) is 0 Å². The number of rotatable bonds is 10. The Balaban J connectivity index is 1.49. The molecule has 2 heterocycles. The van der Waals surface area contributed by atoms with Crippen LogP contribution >= 0.6 is 0 Å². The molecule has 4 rings (SSSR count). The van der Waals surface area contributed by atoms with Crippen LogP contribution in [0.3, 0.4) is 0 Å². The van der Waals surface area contributed by atoms with Crippen LogP contribution in [0, 0.1) is 6.92 Å². The van der Waals surface area contributed by atoms with Gasteiger partial charge >= 0.3 is 6.03 Å². The first-order chi connectivity index (χ1) is 17.0.